The van der Waals surface area contributed by atoms with Gasteiger partial charge in [0.25, 0.3) is 0 Å². The van der Waals surface area contributed by atoms with Gasteiger partial charge >= 0.3 is 0 Å². The Hall–Kier alpha value is -1.10. The summed E-state index contributed by atoms with van der Waals surface area (Å²) in [4.78, 5) is 25.2. The molecule has 2 amide bonds. The molecule has 1 aliphatic heterocycles. The minimum atomic E-state index is -0.369. The van der Waals surface area contributed by atoms with Crippen LogP contribution < -0.4 is 11.1 Å². The number of rotatable bonds is 4. The molecule has 3 N–H and O–H groups in total. The summed E-state index contributed by atoms with van der Waals surface area (Å²) in [6, 6.07) is 0.134. The highest BCUT2D eigenvalue weighted by molar-refractivity contribution is 5.81. The van der Waals surface area contributed by atoms with Gasteiger partial charge in [-0.25, -0.2) is 0 Å². The number of hydrogen-bond donors (Lipinski definition) is 2. The second-order valence-corrected chi connectivity index (χ2v) is 6.00. The Kier molecular flexibility index (Phi) is 5.14. The second-order valence-electron chi connectivity index (χ2n) is 6.00. The van der Waals surface area contributed by atoms with Crippen molar-refractivity contribution in [3.63, 3.8) is 0 Å². The molecule has 1 aliphatic rings. The predicted octanol–water partition coefficient (Wildman–Crippen LogP) is 0.489. The van der Waals surface area contributed by atoms with Crippen molar-refractivity contribution in [3.8, 4) is 0 Å². The van der Waals surface area contributed by atoms with Gasteiger partial charge in [-0.05, 0) is 12.8 Å². The number of nitrogens with zero attached hydrogens (tertiary/aromatic N) is 1. The molecule has 1 atom stereocenters. The van der Waals surface area contributed by atoms with Crippen LogP contribution in [0.25, 0.3) is 0 Å². The van der Waals surface area contributed by atoms with Crippen molar-refractivity contribution in [2.45, 2.75) is 46.1 Å². The lowest BCUT2D eigenvalue weighted by Crippen LogP contribution is -2.36. The molecular weight excluding hydrogens is 230 g/mol. The molecule has 0 saturated carbocycles. The van der Waals surface area contributed by atoms with E-state index in [2.05, 4.69) is 5.32 Å². The van der Waals surface area contributed by atoms with Gasteiger partial charge < -0.3 is 16.0 Å². The molecule has 18 heavy (non-hydrogen) atoms. The minimum absolute atomic E-state index is 0.0261. The molecule has 0 spiro atoms. The van der Waals surface area contributed by atoms with Crippen LogP contribution in [-0.2, 0) is 9.59 Å². The zero-order valence-electron chi connectivity index (χ0n) is 11.7. The first-order valence-electron chi connectivity index (χ1n) is 6.62. The van der Waals surface area contributed by atoms with E-state index in [-0.39, 0.29) is 23.3 Å². The van der Waals surface area contributed by atoms with Gasteiger partial charge in [0, 0.05) is 37.5 Å². The number of nitrogens with two attached hydrogens (primary N) is 1. The summed E-state index contributed by atoms with van der Waals surface area (Å²) in [5.74, 6) is 0.172. The highest BCUT2D eigenvalue weighted by Crippen LogP contribution is 2.12. The highest BCUT2D eigenvalue weighted by Gasteiger charge is 2.23. The minimum Gasteiger partial charge on any atom is -0.356 e. The molecule has 0 aromatic heterocycles. The van der Waals surface area contributed by atoms with E-state index >= 15 is 0 Å². The number of carbonyl (C=O) groups excluding carboxylic acids is 2. The summed E-state index contributed by atoms with van der Waals surface area (Å²) in [7, 11) is 0. The van der Waals surface area contributed by atoms with Gasteiger partial charge in [0.05, 0.1) is 0 Å². The smallest absolute Gasteiger partial charge is 0.225 e. The molecule has 0 radical (unpaired) electrons. The molecule has 1 rings (SSSR count). The SMILES string of the molecule is CC(C)(C)C(=O)NCCCC(=O)N1CC[C@@H](N)C1. The molecule has 1 heterocycles. The summed E-state index contributed by atoms with van der Waals surface area (Å²) >= 11 is 0. The second kappa shape index (κ2) is 6.18. The maximum absolute atomic E-state index is 11.8. The largest absolute Gasteiger partial charge is 0.356 e. The zero-order chi connectivity index (χ0) is 13.8. The first-order chi connectivity index (χ1) is 8.30. The summed E-state index contributed by atoms with van der Waals surface area (Å²) in [6.45, 7) is 7.63. The van der Waals surface area contributed by atoms with Gasteiger partial charge in [0.2, 0.25) is 11.8 Å². The Morgan fingerprint density at radius 3 is 2.56 bits per heavy atom. The Bertz CT molecular complexity index is 310. The van der Waals surface area contributed by atoms with Crippen molar-refractivity contribution in [2.75, 3.05) is 19.6 Å². The fourth-order valence-corrected chi connectivity index (χ4v) is 1.88. The lowest BCUT2D eigenvalue weighted by molar-refractivity contribution is -0.131. The van der Waals surface area contributed by atoms with Crippen LogP contribution in [0.15, 0.2) is 0 Å². The molecule has 0 bridgehead atoms. The summed E-state index contributed by atoms with van der Waals surface area (Å²) in [5, 5.41) is 2.84. The zero-order valence-corrected chi connectivity index (χ0v) is 11.7. The normalized spacial score (nSPS) is 20.0. The fourth-order valence-electron chi connectivity index (χ4n) is 1.88. The van der Waals surface area contributed by atoms with Crippen LogP contribution in [0.5, 0.6) is 0 Å². The average molecular weight is 255 g/mol. The quantitative estimate of drug-likeness (QED) is 0.718. The summed E-state index contributed by atoms with van der Waals surface area (Å²) in [6.07, 6.45) is 2.07. The summed E-state index contributed by atoms with van der Waals surface area (Å²) < 4.78 is 0. The molecule has 1 fully saturated rings. The van der Waals surface area contributed by atoms with Gasteiger partial charge in [0.15, 0.2) is 0 Å². The lowest BCUT2D eigenvalue weighted by atomic mass is 9.96. The van der Waals surface area contributed by atoms with Crippen molar-refractivity contribution < 1.29 is 9.59 Å². The standard InChI is InChI=1S/C13H25N3O2/c1-13(2,3)12(18)15-7-4-5-11(17)16-8-6-10(14)9-16/h10H,4-9,14H2,1-3H3,(H,15,18)/t10-/m1/s1. The Morgan fingerprint density at radius 2 is 2.06 bits per heavy atom. The van der Waals surface area contributed by atoms with Crippen LogP contribution in [0.3, 0.4) is 0 Å². The Morgan fingerprint density at radius 1 is 1.39 bits per heavy atom. The van der Waals surface area contributed by atoms with E-state index in [1.807, 2.05) is 25.7 Å². The van der Waals surface area contributed by atoms with Crippen LogP contribution in [0, 0.1) is 5.41 Å². The number of hydrogen-bond acceptors (Lipinski definition) is 3. The van der Waals surface area contributed by atoms with Crippen LogP contribution in [0.2, 0.25) is 0 Å². The predicted molar refractivity (Wildman–Crippen MR) is 70.9 cm³/mol. The van der Waals surface area contributed by atoms with E-state index in [0.717, 1.165) is 13.0 Å². The molecule has 1 saturated heterocycles. The lowest BCUT2D eigenvalue weighted by Gasteiger charge is -2.18. The third-order valence-electron chi connectivity index (χ3n) is 3.11. The molecular formula is C13H25N3O2. The Labute approximate surface area is 109 Å². The number of likely N-dealkylation sites (tertiary alicyclic amines) is 1. The van der Waals surface area contributed by atoms with Crippen molar-refractivity contribution in [3.05, 3.63) is 0 Å². The van der Waals surface area contributed by atoms with Gasteiger partial charge in [-0.1, -0.05) is 20.8 Å². The van der Waals surface area contributed by atoms with E-state index in [0.29, 0.717) is 25.9 Å². The molecule has 5 nitrogen and oxygen atoms in total. The first-order valence-corrected chi connectivity index (χ1v) is 6.62. The van der Waals surface area contributed by atoms with E-state index < -0.39 is 0 Å². The molecule has 0 aromatic rings. The van der Waals surface area contributed by atoms with Crippen molar-refractivity contribution in [2.24, 2.45) is 11.1 Å². The third-order valence-corrected chi connectivity index (χ3v) is 3.11. The van der Waals surface area contributed by atoms with E-state index in [1.54, 1.807) is 0 Å². The number of nitrogens with one attached hydrogen (secondary N) is 1. The van der Waals surface area contributed by atoms with E-state index in [1.165, 1.54) is 0 Å². The van der Waals surface area contributed by atoms with Gasteiger partial charge in [-0.2, -0.15) is 0 Å². The van der Waals surface area contributed by atoms with Gasteiger partial charge in [0.1, 0.15) is 0 Å². The third kappa shape index (κ3) is 4.64. The molecule has 0 aliphatic carbocycles. The average Bonchev–Trinajstić information content (AvgIpc) is 2.69. The van der Waals surface area contributed by atoms with E-state index in [9.17, 15) is 9.59 Å². The highest BCUT2D eigenvalue weighted by atomic mass is 16.2. The van der Waals surface area contributed by atoms with Crippen LogP contribution >= 0.6 is 0 Å². The van der Waals surface area contributed by atoms with Gasteiger partial charge in [-0.3, -0.25) is 9.59 Å². The van der Waals surface area contributed by atoms with E-state index in [4.69, 9.17) is 5.73 Å². The fraction of sp³-hybridized carbons (Fsp3) is 0.846. The Balaban J connectivity index is 2.15. The number of amides is 2. The number of carbonyl (C=O) groups is 2. The maximum atomic E-state index is 11.8. The van der Waals surface area contributed by atoms with Crippen molar-refractivity contribution in [1.82, 2.24) is 10.2 Å². The van der Waals surface area contributed by atoms with Gasteiger partial charge in [-0.15, -0.1) is 0 Å². The first kappa shape index (κ1) is 15.0. The van der Waals surface area contributed by atoms with Crippen LogP contribution in [0.1, 0.15) is 40.0 Å². The maximum Gasteiger partial charge on any atom is 0.225 e. The van der Waals surface area contributed by atoms with Crippen molar-refractivity contribution >= 4 is 11.8 Å². The molecule has 5 heteroatoms. The van der Waals surface area contributed by atoms with Crippen LogP contribution in [-0.4, -0.2) is 42.4 Å². The summed E-state index contributed by atoms with van der Waals surface area (Å²) in [5.41, 5.74) is 5.39. The topological polar surface area (TPSA) is 75.4 Å². The molecule has 0 unspecified atom stereocenters. The van der Waals surface area contributed by atoms with Crippen LogP contribution in [0.4, 0.5) is 0 Å². The van der Waals surface area contributed by atoms with Crippen molar-refractivity contribution in [1.29, 1.82) is 0 Å². The molecule has 104 valence electrons. The molecule has 0 aromatic carbocycles. The monoisotopic (exact) mass is 255 g/mol.